The maximum absolute atomic E-state index is 12.9. The van der Waals surface area contributed by atoms with Crippen molar-refractivity contribution in [2.24, 2.45) is 0 Å². The Hall–Kier alpha value is -1.65. The fraction of sp³-hybridized carbons (Fsp3) is 0.333. The van der Waals surface area contributed by atoms with Gasteiger partial charge in [0.25, 0.3) is 0 Å². The molecule has 1 aromatic heterocycles. The number of ether oxygens (including phenoxy) is 1. The van der Waals surface area contributed by atoms with Crippen LogP contribution in [0.15, 0.2) is 12.3 Å². The van der Waals surface area contributed by atoms with E-state index < -0.39 is 17.3 Å². The Bertz CT molecular complexity index is 352. The van der Waals surface area contributed by atoms with Gasteiger partial charge in [0.2, 0.25) is 5.88 Å². The van der Waals surface area contributed by atoms with Crippen molar-refractivity contribution in [1.29, 1.82) is 0 Å². The number of pyridine rings is 1. The maximum Gasteiger partial charge on any atom is 0.338 e. The molecule has 14 heavy (non-hydrogen) atoms. The molecule has 0 aliphatic carbocycles. The zero-order chi connectivity index (χ0) is 10.7. The number of aromatic carboxylic acids is 1. The predicted molar refractivity (Wildman–Crippen MR) is 46.9 cm³/mol. The molecule has 0 aromatic carbocycles. The lowest BCUT2D eigenvalue weighted by Crippen LogP contribution is -2.09. The lowest BCUT2D eigenvalue weighted by atomic mass is 10.2. The van der Waals surface area contributed by atoms with Crippen LogP contribution in [0.5, 0.6) is 5.88 Å². The highest BCUT2D eigenvalue weighted by Gasteiger charge is 2.12. The summed E-state index contributed by atoms with van der Waals surface area (Å²) in [5, 5.41) is 8.60. The molecule has 0 aliphatic heterocycles. The van der Waals surface area contributed by atoms with Crippen LogP contribution >= 0.6 is 0 Å². The first-order valence-corrected chi connectivity index (χ1v) is 4.06. The smallest absolute Gasteiger partial charge is 0.338 e. The number of halogens is 1. The van der Waals surface area contributed by atoms with Gasteiger partial charge in [-0.05, 0) is 13.8 Å². The van der Waals surface area contributed by atoms with E-state index in [0.717, 1.165) is 12.3 Å². The van der Waals surface area contributed by atoms with Crippen LogP contribution in [0.1, 0.15) is 24.2 Å². The zero-order valence-electron chi connectivity index (χ0n) is 7.82. The van der Waals surface area contributed by atoms with Gasteiger partial charge >= 0.3 is 5.97 Å². The van der Waals surface area contributed by atoms with Gasteiger partial charge in [-0.3, -0.25) is 0 Å². The zero-order valence-corrected chi connectivity index (χ0v) is 7.82. The molecular formula is C9H10FNO3. The van der Waals surface area contributed by atoms with E-state index in [4.69, 9.17) is 9.84 Å². The van der Waals surface area contributed by atoms with Gasteiger partial charge < -0.3 is 9.84 Å². The van der Waals surface area contributed by atoms with Crippen molar-refractivity contribution in [2.45, 2.75) is 20.0 Å². The minimum absolute atomic E-state index is 0.110. The third-order valence-electron chi connectivity index (χ3n) is 1.42. The molecule has 0 aliphatic rings. The summed E-state index contributed by atoms with van der Waals surface area (Å²) < 4.78 is 18.0. The topological polar surface area (TPSA) is 59.4 Å². The van der Waals surface area contributed by atoms with Gasteiger partial charge in [-0.2, -0.15) is 0 Å². The van der Waals surface area contributed by atoms with Gasteiger partial charge in [0, 0.05) is 6.07 Å². The summed E-state index contributed by atoms with van der Waals surface area (Å²) in [7, 11) is 0. The highest BCUT2D eigenvalue weighted by molar-refractivity contribution is 5.88. The summed E-state index contributed by atoms with van der Waals surface area (Å²) in [5.41, 5.74) is -0.435. The fourth-order valence-corrected chi connectivity index (χ4v) is 0.889. The monoisotopic (exact) mass is 199 g/mol. The standard InChI is InChI=1S/C9H10FNO3/c1-5(2)14-8-3-6(9(12)13)7(10)4-11-8/h3-5H,1-2H3,(H,12,13). The molecule has 0 radical (unpaired) electrons. The maximum atomic E-state index is 12.9. The van der Waals surface area contributed by atoms with E-state index in [0.29, 0.717) is 0 Å². The summed E-state index contributed by atoms with van der Waals surface area (Å²) >= 11 is 0. The third-order valence-corrected chi connectivity index (χ3v) is 1.42. The Kier molecular flexibility index (Phi) is 3.01. The first kappa shape index (κ1) is 10.4. The molecule has 0 fully saturated rings. The SMILES string of the molecule is CC(C)Oc1cc(C(=O)O)c(F)cn1. The number of hydrogen-bond acceptors (Lipinski definition) is 3. The van der Waals surface area contributed by atoms with E-state index in [1.165, 1.54) is 0 Å². The molecule has 0 spiro atoms. The van der Waals surface area contributed by atoms with Gasteiger partial charge in [-0.1, -0.05) is 0 Å². The average molecular weight is 199 g/mol. The molecule has 1 aromatic rings. The van der Waals surface area contributed by atoms with Gasteiger partial charge in [0.15, 0.2) is 5.82 Å². The fourth-order valence-electron chi connectivity index (χ4n) is 0.889. The van der Waals surface area contributed by atoms with Crippen molar-refractivity contribution in [3.05, 3.63) is 23.6 Å². The van der Waals surface area contributed by atoms with Gasteiger partial charge in [-0.15, -0.1) is 0 Å². The quantitative estimate of drug-likeness (QED) is 0.804. The molecule has 76 valence electrons. The highest BCUT2D eigenvalue weighted by Crippen LogP contribution is 2.14. The normalized spacial score (nSPS) is 10.3. The number of carboxylic acid groups (broad SMARTS) is 1. The van der Waals surface area contributed by atoms with Gasteiger partial charge in [-0.25, -0.2) is 14.2 Å². The summed E-state index contributed by atoms with van der Waals surface area (Å²) in [5.74, 6) is -2.09. The summed E-state index contributed by atoms with van der Waals surface area (Å²) in [6.07, 6.45) is 0.704. The van der Waals surface area contributed by atoms with E-state index in [1.54, 1.807) is 13.8 Å². The van der Waals surface area contributed by atoms with Crippen LogP contribution in [0, 0.1) is 5.82 Å². The van der Waals surface area contributed by atoms with Crippen LogP contribution in [-0.4, -0.2) is 22.2 Å². The molecule has 1 heterocycles. The summed E-state index contributed by atoms with van der Waals surface area (Å²) in [6.45, 7) is 3.54. The first-order chi connectivity index (χ1) is 6.50. The Morgan fingerprint density at radius 3 is 2.79 bits per heavy atom. The molecule has 4 nitrogen and oxygen atoms in total. The van der Waals surface area contributed by atoms with Crippen LogP contribution in [0.25, 0.3) is 0 Å². The lowest BCUT2D eigenvalue weighted by molar-refractivity contribution is 0.0690. The van der Waals surface area contributed by atoms with Crippen molar-refractivity contribution in [3.63, 3.8) is 0 Å². The minimum Gasteiger partial charge on any atom is -0.478 e. The number of carboxylic acids is 1. The van der Waals surface area contributed by atoms with Crippen molar-refractivity contribution in [2.75, 3.05) is 0 Å². The Balaban J connectivity index is 3.00. The molecule has 0 atom stereocenters. The molecule has 5 heteroatoms. The average Bonchev–Trinajstić information content (AvgIpc) is 2.07. The lowest BCUT2D eigenvalue weighted by Gasteiger charge is -2.08. The molecule has 0 amide bonds. The molecule has 0 unspecified atom stereocenters. The van der Waals surface area contributed by atoms with E-state index in [9.17, 15) is 9.18 Å². The Morgan fingerprint density at radius 2 is 2.29 bits per heavy atom. The summed E-state index contributed by atoms with van der Waals surface area (Å²) in [6, 6.07) is 1.07. The van der Waals surface area contributed by atoms with Crippen LogP contribution in [0.3, 0.4) is 0 Å². The second-order valence-electron chi connectivity index (χ2n) is 2.97. The molecule has 0 bridgehead atoms. The molecule has 0 saturated carbocycles. The minimum atomic E-state index is -1.33. The van der Waals surface area contributed by atoms with Crippen molar-refractivity contribution < 1.29 is 19.0 Å². The van der Waals surface area contributed by atoms with Crippen molar-refractivity contribution >= 4 is 5.97 Å². The highest BCUT2D eigenvalue weighted by atomic mass is 19.1. The molecule has 0 saturated heterocycles. The second kappa shape index (κ2) is 4.04. The summed E-state index contributed by atoms with van der Waals surface area (Å²) in [4.78, 5) is 14.1. The van der Waals surface area contributed by atoms with Crippen LogP contribution in [-0.2, 0) is 0 Å². The molecule has 1 N–H and O–H groups in total. The van der Waals surface area contributed by atoms with Crippen molar-refractivity contribution in [3.8, 4) is 5.88 Å². The number of aromatic nitrogens is 1. The van der Waals surface area contributed by atoms with Gasteiger partial charge in [0.1, 0.15) is 5.56 Å². The number of carbonyl (C=O) groups is 1. The Morgan fingerprint density at radius 1 is 1.64 bits per heavy atom. The number of rotatable bonds is 3. The van der Waals surface area contributed by atoms with Crippen LogP contribution < -0.4 is 4.74 Å². The Labute approximate surface area is 80.3 Å². The van der Waals surface area contributed by atoms with Crippen molar-refractivity contribution in [1.82, 2.24) is 4.98 Å². The largest absolute Gasteiger partial charge is 0.478 e. The third kappa shape index (κ3) is 2.42. The van der Waals surface area contributed by atoms with E-state index in [2.05, 4.69) is 4.98 Å². The second-order valence-corrected chi connectivity index (χ2v) is 2.97. The molecular weight excluding hydrogens is 189 g/mol. The van der Waals surface area contributed by atoms with Gasteiger partial charge in [0.05, 0.1) is 12.3 Å². The van der Waals surface area contributed by atoms with E-state index in [1.807, 2.05) is 0 Å². The van der Waals surface area contributed by atoms with Crippen LogP contribution in [0.2, 0.25) is 0 Å². The first-order valence-electron chi connectivity index (χ1n) is 4.06. The van der Waals surface area contributed by atoms with E-state index >= 15 is 0 Å². The van der Waals surface area contributed by atoms with Crippen LogP contribution in [0.4, 0.5) is 4.39 Å². The van der Waals surface area contributed by atoms with E-state index in [-0.39, 0.29) is 12.0 Å². The number of nitrogens with zero attached hydrogens (tertiary/aromatic N) is 1. The predicted octanol–water partition coefficient (Wildman–Crippen LogP) is 1.71. The molecule has 1 rings (SSSR count). The number of hydrogen-bond donors (Lipinski definition) is 1.